The molecule has 1 fully saturated rings. The Morgan fingerprint density at radius 2 is 1.88 bits per heavy atom. The van der Waals surface area contributed by atoms with E-state index >= 15 is 0 Å². The fourth-order valence-electron chi connectivity index (χ4n) is 2.65. The molecule has 0 saturated carbocycles. The van der Waals surface area contributed by atoms with Gasteiger partial charge in [0.1, 0.15) is 9.84 Å². The third-order valence-electron chi connectivity index (χ3n) is 4.11. The SMILES string of the molecule is CCNC(=NCCCS(C)(=O)=O)NCCCN1CCC(C)CC1.I. The van der Waals surface area contributed by atoms with E-state index in [2.05, 4.69) is 27.4 Å². The molecule has 0 aromatic rings. The van der Waals surface area contributed by atoms with Crippen LogP contribution in [0.2, 0.25) is 0 Å². The molecular formula is C16H35IN4O2S. The molecule has 0 aliphatic carbocycles. The summed E-state index contributed by atoms with van der Waals surface area (Å²) in [5.74, 6) is 1.86. The van der Waals surface area contributed by atoms with Gasteiger partial charge in [0.25, 0.3) is 0 Å². The van der Waals surface area contributed by atoms with Gasteiger partial charge in [-0.3, -0.25) is 4.99 Å². The Balaban J connectivity index is 0.00000529. The second kappa shape index (κ2) is 13.2. The van der Waals surface area contributed by atoms with Gasteiger partial charge in [0.05, 0.1) is 5.75 Å². The highest BCUT2D eigenvalue weighted by Crippen LogP contribution is 2.15. The van der Waals surface area contributed by atoms with Crippen molar-refractivity contribution >= 4 is 39.8 Å². The molecule has 0 radical (unpaired) electrons. The molecule has 6 nitrogen and oxygen atoms in total. The highest BCUT2D eigenvalue weighted by molar-refractivity contribution is 14.0. The molecule has 0 aromatic heterocycles. The van der Waals surface area contributed by atoms with Crippen LogP contribution < -0.4 is 10.6 Å². The van der Waals surface area contributed by atoms with Crippen LogP contribution in [0.4, 0.5) is 0 Å². The van der Waals surface area contributed by atoms with Gasteiger partial charge in [-0.25, -0.2) is 8.42 Å². The molecule has 0 bridgehead atoms. The Bertz CT molecular complexity index is 449. The number of hydrogen-bond donors (Lipinski definition) is 2. The van der Waals surface area contributed by atoms with Crippen molar-refractivity contribution < 1.29 is 8.42 Å². The summed E-state index contributed by atoms with van der Waals surface area (Å²) in [5.41, 5.74) is 0. The first-order chi connectivity index (χ1) is 10.9. The summed E-state index contributed by atoms with van der Waals surface area (Å²) in [5, 5.41) is 6.53. The van der Waals surface area contributed by atoms with Crippen molar-refractivity contribution in [3.05, 3.63) is 0 Å². The van der Waals surface area contributed by atoms with Gasteiger partial charge in [-0.2, -0.15) is 0 Å². The Hall–Kier alpha value is -0.0900. The van der Waals surface area contributed by atoms with Crippen molar-refractivity contribution in [3.63, 3.8) is 0 Å². The molecule has 1 aliphatic rings. The third-order valence-corrected chi connectivity index (χ3v) is 5.14. The summed E-state index contributed by atoms with van der Waals surface area (Å²) >= 11 is 0. The molecule has 1 rings (SSSR count). The number of guanidine groups is 1. The van der Waals surface area contributed by atoms with Crippen LogP contribution in [-0.2, 0) is 9.84 Å². The zero-order chi connectivity index (χ0) is 17.1. The van der Waals surface area contributed by atoms with Crippen molar-refractivity contribution in [1.29, 1.82) is 0 Å². The predicted octanol–water partition coefficient (Wildman–Crippen LogP) is 1.72. The fourth-order valence-corrected chi connectivity index (χ4v) is 3.31. The molecular weight excluding hydrogens is 439 g/mol. The maximum absolute atomic E-state index is 11.1. The van der Waals surface area contributed by atoms with Crippen LogP contribution in [0, 0.1) is 5.92 Å². The Morgan fingerprint density at radius 3 is 2.46 bits per heavy atom. The van der Waals surface area contributed by atoms with Gasteiger partial charge in [-0.15, -0.1) is 24.0 Å². The van der Waals surface area contributed by atoms with E-state index in [0.717, 1.165) is 37.9 Å². The van der Waals surface area contributed by atoms with E-state index in [0.29, 0.717) is 13.0 Å². The van der Waals surface area contributed by atoms with Gasteiger partial charge in [0.2, 0.25) is 0 Å². The number of hydrogen-bond acceptors (Lipinski definition) is 4. The van der Waals surface area contributed by atoms with E-state index in [4.69, 9.17) is 0 Å². The molecule has 0 amide bonds. The molecule has 144 valence electrons. The number of piperidine rings is 1. The van der Waals surface area contributed by atoms with Crippen LogP contribution in [-0.4, -0.2) is 70.6 Å². The highest BCUT2D eigenvalue weighted by atomic mass is 127. The Labute approximate surface area is 165 Å². The minimum Gasteiger partial charge on any atom is -0.357 e. The number of rotatable bonds is 9. The normalized spacial score (nSPS) is 17.4. The molecule has 1 aliphatic heterocycles. The minimum atomic E-state index is -2.89. The second-order valence-electron chi connectivity index (χ2n) is 6.55. The summed E-state index contributed by atoms with van der Waals surface area (Å²) in [6, 6.07) is 0. The monoisotopic (exact) mass is 474 g/mol. The van der Waals surface area contributed by atoms with Crippen molar-refractivity contribution in [2.75, 3.05) is 51.3 Å². The number of halogens is 1. The van der Waals surface area contributed by atoms with Gasteiger partial charge < -0.3 is 15.5 Å². The predicted molar refractivity (Wildman–Crippen MR) is 113 cm³/mol. The lowest BCUT2D eigenvalue weighted by Crippen LogP contribution is -2.39. The molecule has 0 aromatic carbocycles. The summed E-state index contributed by atoms with van der Waals surface area (Å²) in [4.78, 5) is 6.97. The molecule has 1 heterocycles. The first-order valence-corrected chi connectivity index (χ1v) is 10.9. The van der Waals surface area contributed by atoms with Crippen LogP contribution in [0.15, 0.2) is 4.99 Å². The smallest absolute Gasteiger partial charge is 0.191 e. The first kappa shape index (κ1) is 23.9. The van der Waals surface area contributed by atoms with Crippen LogP contribution in [0.3, 0.4) is 0 Å². The van der Waals surface area contributed by atoms with Crippen LogP contribution >= 0.6 is 24.0 Å². The third kappa shape index (κ3) is 12.3. The van der Waals surface area contributed by atoms with Crippen molar-refractivity contribution in [3.8, 4) is 0 Å². The number of likely N-dealkylation sites (tertiary alicyclic amines) is 1. The fraction of sp³-hybridized carbons (Fsp3) is 0.938. The van der Waals surface area contributed by atoms with E-state index in [1.54, 1.807) is 0 Å². The zero-order valence-corrected chi connectivity index (χ0v) is 18.5. The van der Waals surface area contributed by atoms with Crippen molar-refractivity contribution in [1.82, 2.24) is 15.5 Å². The summed E-state index contributed by atoms with van der Waals surface area (Å²) < 4.78 is 22.2. The lowest BCUT2D eigenvalue weighted by Gasteiger charge is -2.30. The zero-order valence-electron chi connectivity index (χ0n) is 15.4. The molecule has 8 heteroatoms. The van der Waals surface area contributed by atoms with E-state index in [1.165, 1.54) is 32.2 Å². The van der Waals surface area contributed by atoms with E-state index in [1.807, 2.05) is 6.92 Å². The maximum atomic E-state index is 11.1. The summed E-state index contributed by atoms with van der Waals surface area (Å²) in [6.45, 7) is 10.2. The topological polar surface area (TPSA) is 73.8 Å². The second-order valence-corrected chi connectivity index (χ2v) is 8.81. The van der Waals surface area contributed by atoms with Gasteiger partial charge in [-0.1, -0.05) is 6.92 Å². The van der Waals surface area contributed by atoms with Gasteiger partial charge in [0, 0.05) is 25.9 Å². The van der Waals surface area contributed by atoms with Crippen molar-refractivity contribution in [2.24, 2.45) is 10.9 Å². The van der Waals surface area contributed by atoms with E-state index < -0.39 is 9.84 Å². The number of sulfone groups is 1. The standard InChI is InChI=1S/C16H34N4O2S.HI/c1-4-17-16(19-10-6-14-23(3,21)22)18-9-5-11-20-12-7-15(2)8-13-20;/h15H,4-14H2,1-3H3,(H2,17,18,19);1H. The molecule has 2 N–H and O–H groups in total. The number of nitrogens with one attached hydrogen (secondary N) is 2. The largest absolute Gasteiger partial charge is 0.357 e. The lowest BCUT2D eigenvalue weighted by atomic mass is 9.99. The minimum absolute atomic E-state index is 0. The number of aliphatic imine (C=N–C) groups is 1. The van der Waals surface area contributed by atoms with Gasteiger partial charge in [-0.05, 0) is 58.2 Å². The molecule has 1 saturated heterocycles. The maximum Gasteiger partial charge on any atom is 0.191 e. The summed E-state index contributed by atoms with van der Waals surface area (Å²) in [7, 11) is -2.89. The molecule has 0 unspecified atom stereocenters. The Morgan fingerprint density at radius 1 is 1.21 bits per heavy atom. The summed E-state index contributed by atoms with van der Waals surface area (Å²) in [6.07, 6.45) is 5.57. The van der Waals surface area contributed by atoms with Gasteiger partial charge >= 0.3 is 0 Å². The van der Waals surface area contributed by atoms with Gasteiger partial charge in [0.15, 0.2) is 5.96 Å². The first-order valence-electron chi connectivity index (χ1n) is 8.83. The van der Waals surface area contributed by atoms with E-state index in [-0.39, 0.29) is 29.7 Å². The Kier molecular flexibility index (Phi) is 13.1. The van der Waals surface area contributed by atoms with E-state index in [9.17, 15) is 8.42 Å². The number of nitrogens with zero attached hydrogens (tertiary/aromatic N) is 2. The lowest BCUT2D eigenvalue weighted by molar-refractivity contribution is 0.191. The average molecular weight is 474 g/mol. The highest BCUT2D eigenvalue weighted by Gasteiger charge is 2.14. The van der Waals surface area contributed by atoms with Crippen molar-refractivity contribution in [2.45, 2.75) is 39.5 Å². The van der Waals surface area contributed by atoms with Crippen LogP contribution in [0.1, 0.15) is 39.5 Å². The molecule has 24 heavy (non-hydrogen) atoms. The average Bonchev–Trinajstić information content (AvgIpc) is 2.48. The molecule has 0 atom stereocenters. The van der Waals surface area contributed by atoms with Crippen LogP contribution in [0.25, 0.3) is 0 Å². The molecule has 0 spiro atoms. The quantitative estimate of drug-likeness (QED) is 0.231. The van der Waals surface area contributed by atoms with Crippen LogP contribution in [0.5, 0.6) is 0 Å².